The van der Waals surface area contributed by atoms with E-state index in [9.17, 15) is 0 Å². The minimum atomic E-state index is 0.444. The van der Waals surface area contributed by atoms with Gasteiger partial charge in [-0.25, -0.2) is 4.98 Å². The van der Waals surface area contributed by atoms with Gasteiger partial charge in [0.15, 0.2) is 11.5 Å². The molecule has 2 fully saturated rings. The highest BCUT2D eigenvalue weighted by atomic mass is 16.3. The third-order valence-corrected chi connectivity index (χ3v) is 4.41. The molecule has 0 saturated heterocycles. The summed E-state index contributed by atoms with van der Waals surface area (Å²) >= 11 is 0. The molecule has 4 rings (SSSR count). The van der Waals surface area contributed by atoms with Crippen LogP contribution in [0.3, 0.4) is 0 Å². The Bertz CT molecular complexity index is 527. The number of rotatable bonds is 1. The molecular formula is C14H16N2O. The molecule has 0 radical (unpaired) electrons. The number of nitrogens with two attached hydrogens (primary N) is 1. The van der Waals surface area contributed by atoms with E-state index in [1.165, 1.54) is 25.7 Å². The van der Waals surface area contributed by atoms with Crippen LogP contribution in [-0.2, 0) is 0 Å². The van der Waals surface area contributed by atoms with Crippen molar-refractivity contribution in [2.45, 2.75) is 37.6 Å². The molecule has 88 valence electrons. The first-order valence-electron chi connectivity index (χ1n) is 6.35. The van der Waals surface area contributed by atoms with Gasteiger partial charge < -0.3 is 10.2 Å². The number of oxazole rings is 1. The van der Waals surface area contributed by atoms with Gasteiger partial charge in [0.25, 0.3) is 0 Å². The third-order valence-electron chi connectivity index (χ3n) is 4.41. The average Bonchev–Trinajstić information content (AvgIpc) is 2.64. The van der Waals surface area contributed by atoms with Crippen molar-refractivity contribution >= 4 is 11.1 Å². The Morgan fingerprint density at radius 2 is 1.94 bits per heavy atom. The summed E-state index contributed by atoms with van der Waals surface area (Å²) in [6.07, 6.45) is 4.83. The lowest BCUT2D eigenvalue weighted by atomic mass is 9.50. The van der Waals surface area contributed by atoms with Crippen molar-refractivity contribution < 1.29 is 4.42 Å². The monoisotopic (exact) mass is 228 g/mol. The molecule has 0 atom stereocenters. The van der Waals surface area contributed by atoms with Crippen LogP contribution in [0.15, 0.2) is 28.7 Å². The van der Waals surface area contributed by atoms with E-state index in [1.54, 1.807) is 0 Å². The van der Waals surface area contributed by atoms with E-state index >= 15 is 0 Å². The highest BCUT2D eigenvalue weighted by Crippen LogP contribution is 2.61. The second-order valence-electron chi connectivity index (χ2n) is 5.79. The molecule has 17 heavy (non-hydrogen) atoms. The summed E-state index contributed by atoms with van der Waals surface area (Å²) in [6, 6.07) is 8.43. The van der Waals surface area contributed by atoms with Crippen molar-refractivity contribution in [1.82, 2.24) is 4.98 Å². The van der Waals surface area contributed by atoms with Gasteiger partial charge in [-0.2, -0.15) is 0 Å². The number of hydrogen-bond acceptors (Lipinski definition) is 3. The normalized spacial score (nSPS) is 35.8. The lowest BCUT2D eigenvalue weighted by molar-refractivity contribution is -0.0156. The Kier molecular flexibility index (Phi) is 1.76. The van der Waals surface area contributed by atoms with Gasteiger partial charge in [0.05, 0.1) is 0 Å². The molecule has 1 heterocycles. The number of para-hydroxylation sites is 2. The van der Waals surface area contributed by atoms with E-state index in [1.807, 2.05) is 24.3 Å². The number of hydrogen-bond donors (Lipinski definition) is 1. The van der Waals surface area contributed by atoms with Crippen LogP contribution in [-0.4, -0.2) is 11.0 Å². The Balaban J connectivity index is 1.57. The van der Waals surface area contributed by atoms with Gasteiger partial charge in [0, 0.05) is 12.0 Å². The van der Waals surface area contributed by atoms with Crippen LogP contribution >= 0.6 is 0 Å². The predicted molar refractivity (Wildman–Crippen MR) is 65.6 cm³/mol. The van der Waals surface area contributed by atoms with Gasteiger partial charge in [-0.05, 0) is 43.2 Å². The Morgan fingerprint density at radius 3 is 2.65 bits per heavy atom. The van der Waals surface area contributed by atoms with E-state index in [4.69, 9.17) is 10.2 Å². The van der Waals surface area contributed by atoms with Gasteiger partial charge in [-0.3, -0.25) is 0 Å². The largest absolute Gasteiger partial charge is 0.440 e. The lowest BCUT2D eigenvalue weighted by Gasteiger charge is -2.56. The summed E-state index contributed by atoms with van der Waals surface area (Å²) in [5.74, 6) is 1.45. The maximum absolute atomic E-state index is 5.87. The smallest absolute Gasteiger partial charge is 0.198 e. The van der Waals surface area contributed by atoms with Crippen LogP contribution in [0.25, 0.3) is 11.1 Å². The predicted octanol–water partition coefficient (Wildman–Crippen LogP) is 2.81. The molecule has 2 aliphatic rings. The molecule has 2 aliphatic carbocycles. The van der Waals surface area contributed by atoms with Crippen molar-refractivity contribution in [3.05, 3.63) is 30.2 Å². The highest BCUT2D eigenvalue weighted by molar-refractivity contribution is 5.72. The fraction of sp³-hybridized carbons (Fsp3) is 0.500. The number of benzene rings is 1. The Hall–Kier alpha value is -1.35. The summed E-state index contributed by atoms with van der Waals surface area (Å²) in [5.41, 5.74) is 8.31. The third kappa shape index (κ3) is 1.35. The van der Waals surface area contributed by atoms with Crippen LogP contribution in [0.1, 0.15) is 37.5 Å². The van der Waals surface area contributed by atoms with Crippen molar-refractivity contribution in [3.8, 4) is 0 Å². The summed E-state index contributed by atoms with van der Waals surface area (Å²) in [7, 11) is 0. The first-order valence-corrected chi connectivity index (χ1v) is 6.35. The fourth-order valence-corrected chi connectivity index (χ4v) is 3.61. The first kappa shape index (κ1) is 9.66. The van der Waals surface area contributed by atoms with Gasteiger partial charge in [-0.1, -0.05) is 12.1 Å². The fourth-order valence-electron chi connectivity index (χ4n) is 3.61. The highest BCUT2D eigenvalue weighted by Gasteiger charge is 2.53. The van der Waals surface area contributed by atoms with E-state index in [0.717, 1.165) is 17.0 Å². The summed E-state index contributed by atoms with van der Waals surface area (Å²) in [6.45, 7) is 0. The summed E-state index contributed by atoms with van der Waals surface area (Å²) in [5, 5.41) is 0. The van der Waals surface area contributed by atoms with Gasteiger partial charge >= 0.3 is 0 Å². The summed E-state index contributed by atoms with van der Waals surface area (Å²) < 4.78 is 5.82. The zero-order valence-corrected chi connectivity index (χ0v) is 9.73. The first-order chi connectivity index (χ1) is 8.24. The summed E-state index contributed by atoms with van der Waals surface area (Å²) in [4.78, 5) is 4.58. The van der Waals surface area contributed by atoms with Crippen LogP contribution in [0.5, 0.6) is 0 Å². The van der Waals surface area contributed by atoms with Crippen LogP contribution in [0.4, 0.5) is 0 Å². The van der Waals surface area contributed by atoms with Crippen LogP contribution < -0.4 is 5.73 Å². The Morgan fingerprint density at radius 1 is 1.18 bits per heavy atom. The molecule has 1 aromatic carbocycles. The molecule has 3 nitrogen and oxygen atoms in total. The molecule has 0 unspecified atom stereocenters. The lowest BCUT2D eigenvalue weighted by Crippen LogP contribution is -2.52. The molecule has 0 bridgehead atoms. The van der Waals surface area contributed by atoms with Crippen molar-refractivity contribution in [3.63, 3.8) is 0 Å². The molecule has 2 aromatic rings. The molecule has 1 aromatic heterocycles. The van der Waals surface area contributed by atoms with E-state index in [0.29, 0.717) is 17.4 Å². The topological polar surface area (TPSA) is 52.0 Å². The maximum atomic E-state index is 5.87. The SMILES string of the molecule is NC1CC2(C1)CC(c1nc3ccccc3o1)C2. The van der Waals surface area contributed by atoms with Crippen molar-refractivity contribution in [2.24, 2.45) is 11.1 Å². The quantitative estimate of drug-likeness (QED) is 0.816. The minimum absolute atomic E-state index is 0.444. The van der Waals surface area contributed by atoms with Gasteiger partial charge in [-0.15, -0.1) is 0 Å². The molecule has 2 N–H and O–H groups in total. The standard InChI is InChI=1S/C14H16N2O/c15-10-7-14(8-10)5-9(6-14)13-16-11-3-1-2-4-12(11)17-13/h1-4,9-10H,5-8,15H2. The number of fused-ring (bicyclic) bond motifs is 1. The average molecular weight is 228 g/mol. The molecule has 0 aliphatic heterocycles. The van der Waals surface area contributed by atoms with E-state index < -0.39 is 0 Å². The van der Waals surface area contributed by atoms with E-state index in [2.05, 4.69) is 4.98 Å². The van der Waals surface area contributed by atoms with Gasteiger partial charge in [0.2, 0.25) is 0 Å². The number of aromatic nitrogens is 1. The van der Waals surface area contributed by atoms with Crippen LogP contribution in [0, 0.1) is 5.41 Å². The minimum Gasteiger partial charge on any atom is -0.440 e. The molecule has 3 heteroatoms. The molecule has 2 saturated carbocycles. The Labute approximate surface area is 100 Å². The molecule has 0 amide bonds. The molecule has 1 spiro atoms. The van der Waals surface area contributed by atoms with Crippen LogP contribution in [0.2, 0.25) is 0 Å². The molecular weight excluding hydrogens is 212 g/mol. The number of nitrogens with zero attached hydrogens (tertiary/aromatic N) is 1. The maximum Gasteiger partial charge on any atom is 0.198 e. The zero-order chi connectivity index (χ0) is 11.5. The zero-order valence-electron chi connectivity index (χ0n) is 9.73. The second-order valence-corrected chi connectivity index (χ2v) is 5.79. The van der Waals surface area contributed by atoms with Gasteiger partial charge in [0.1, 0.15) is 5.52 Å². The second kappa shape index (κ2) is 3.10. The van der Waals surface area contributed by atoms with Crippen molar-refractivity contribution in [2.75, 3.05) is 0 Å². The van der Waals surface area contributed by atoms with E-state index in [-0.39, 0.29) is 0 Å². The van der Waals surface area contributed by atoms with Crippen molar-refractivity contribution in [1.29, 1.82) is 0 Å².